The molecule has 0 radical (unpaired) electrons. The highest BCUT2D eigenvalue weighted by atomic mass is 16.5. The molecule has 2 atom stereocenters. The molecule has 0 aliphatic heterocycles. The Morgan fingerprint density at radius 2 is 2.00 bits per heavy atom. The first-order valence-electron chi connectivity index (χ1n) is 5.28. The lowest BCUT2D eigenvalue weighted by atomic mass is 9.99. The fourth-order valence-electron chi connectivity index (χ4n) is 1.60. The third-order valence-corrected chi connectivity index (χ3v) is 2.34. The minimum Gasteiger partial charge on any atom is -0.469 e. The Morgan fingerprint density at radius 3 is 2.40 bits per heavy atom. The zero-order chi connectivity index (χ0) is 12.1. The average molecular weight is 217 g/mol. The van der Waals surface area contributed by atoms with Crippen LogP contribution in [-0.4, -0.2) is 36.4 Å². The van der Waals surface area contributed by atoms with Gasteiger partial charge in [0.15, 0.2) is 0 Å². The van der Waals surface area contributed by atoms with Crippen molar-refractivity contribution in [3.8, 4) is 0 Å². The topological polar surface area (TPSA) is 58.6 Å². The number of aliphatic hydroxyl groups is 1. The number of esters is 1. The van der Waals surface area contributed by atoms with Crippen LogP contribution in [0.1, 0.15) is 34.1 Å². The number of carbonyl (C=O) groups excluding carboxylic acids is 1. The fourth-order valence-corrected chi connectivity index (χ4v) is 1.60. The quantitative estimate of drug-likeness (QED) is 0.650. The highest BCUT2D eigenvalue weighted by Crippen LogP contribution is 2.11. The van der Waals surface area contributed by atoms with Gasteiger partial charge in [-0.15, -0.1) is 0 Å². The van der Waals surface area contributed by atoms with Gasteiger partial charge in [0.1, 0.15) is 0 Å². The largest absolute Gasteiger partial charge is 0.469 e. The molecule has 4 heteroatoms. The molecule has 0 fully saturated rings. The van der Waals surface area contributed by atoms with Crippen LogP contribution in [0.15, 0.2) is 0 Å². The Hall–Kier alpha value is -0.610. The van der Waals surface area contributed by atoms with Crippen LogP contribution in [0.2, 0.25) is 0 Å². The molecule has 0 heterocycles. The zero-order valence-electron chi connectivity index (χ0n) is 10.3. The SMILES string of the molecule is COC(=O)C(C)CC(C)NC(C)(C)CO. The second-order valence-electron chi connectivity index (χ2n) is 4.75. The number of aliphatic hydroxyl groups excluding tert-OH is 1. The van der Waals surface area contributed by atoms with Crippen LogP contribution in [0.25, 0.3) is 0 Å². The van der Waals surface area contributed by atoms with Crippen LogP contribution in [0.4, 0.5) is 0 Å². The van der Waals surface area contributed by atoms with E-state index in [1.165, 1.54) is 7.11 Å². The van der Waals surface area contributed by atoms with E-state index in [0.29, 0.717) is 6.42 Å². The maximum absolute atomic E-state index is 11.2. The van der Waals surface area contributed by atoms with E-state index in [-0.39, 0.29) is 30.1 Å². The van der Waals surface area contributed by atoms with E-state index in [4.69, 9.17) is 5.11 Å². The van der Waals surface area contributed by atoms with Crippen LogP contribution < -0.4 is 5.32 Å². The summed E-state index contributed by atoms with van der Waals surface area (Å²) < 4.78 is 4.65. The summed E-state index contributed by atoms with van der Waals surface area (Å²) in [6, 6.07) is 0.168. The van der Waals surface area contributed by atoms with Crippen molar-refractivity contribution in [1.29, 1.82) is 0 Å². The molecule has 0 aromatic heterocycles. The fraction of sp³-hybridized carbons (Fsp3) is 0.909. The Balaban J connectivity index is 4.03. The van der Waals surface area contributed by atoms with Crippen molar-refractivity contribution in [2.45, 2.75) is 45.7 Å². The zero-order valence-corrected chi connectivity index (χ0v) is 10.3. The lowest BCUT2D eigenvalue weighted by Gasteiger charge is -2.29. The predicted octanol–water partition coefficient (Wildman–Crippen LogP) is 0.935. The molecule has 90 valence electrons. The highest BCUT2D eigenvalue weighted by molar-refractivity contribution is 5.71. The van der Waals surface area contributed by atoms with E-state index < -0.39 is 0 Å². The lowest BCUT2D eigenvalue weighted by Crippen LogP contribution is -2.48. The van der Waals surface area contributed by atoms with Gasteiger partial charge in [0.25, 0.3) is 0 Å². The molecule has 15 heavy (non-hydrogen) atoms. The van der Waals surface area contributed by atoms with Crippen LogP contribution >= 0.6 is 0 Å². The molecule has 0 aromatic carbocycles. The summed E-state index contributed by atoms with van der Waals surface area (Å²) >= 11 is 0. The van der Waals surface area contributed by atoms with Gasteiger partial charge in [0.2, 0.25) is 0 Å². The summed E-state index contributed by atoms with van der Waals surface area (Å²) in [5.41, 5.74) is -0.310. The number of nitrogens with one attached hydrogen (secondary N) is 1. The monoisotopic (exact) mass is 217 g/mol. The number of methoxy groups -OCH3 is 1. The molecule has 0 saturated heterocycles. The smallest absolute Gasteiger partial charge is 0.308 e. The highest BCUT2D eigenvalue weighted by Gasteiger charge is 2.22. The molecule has 0 bridgehead atoms. The van der Waals surface area contributed by atoms with Gasteiger partial charge in [-0.1, -0.05) is 6.92 Å². The lowest BCUT2D eigenvalue weighted by molar-refractivity contribution is -0.145. The summed E-state index contributed by atoms with van der Waals surface area (Å²) in [6.45, 7) is 7.76. The van der Waals surface area contributed by atoms with Gasteiger partial charge in [-0.2, -0.15) is 0 Å². The normalized spacial score (nSPS) is 15.9. The molecule has 0 amide bonds. The van der Waals surface area contributed by atoms with E-state index in [0.717, 1.165) is 0 Å². The minimum atomic E-state index is -0.310. The third kappa shape index (κ3) is 5.74. The van der Waals surface area contributed by atoms with Crippen LogP contribution in [0.5, 0.6) is 0 Å². The van der Waals surface area contributed by atoms with Crippen molar-refractivity contribution in [2.24, 2.45) is 5.92 Å². The van der Waals surface area contributed by atoms with Gasteiger partial charge in [-0.05, 0) is 27.2 Å². The molecule has 0 aromatic rings. The first-order valence-corrected chi connectivity index (χ1v) is 5.28. The van der Waals surface area contributed by atoms with Gasteiger partial charge in [-0.3, -0.25) is 4.79 Å². The number of hydrogen-bond donors (Lipinski definition) is 2. The Labute approximate surface area is 92.0 Å². The number of rotatable bonds is 6. The van der Waals surface area contributed by atoms with Crippen LogP contribution in [-0.2, 0) is 9.53 Å². The van der Waals surface area contributed by atoms with Crippen molar-refractivity contribution in [3.63, 3.8) is 0 Å². The van der Waals surface area contributed by atoms with Crippen molar-refractivity contribution < 1.29 is 14.6 Å². The maximum Gasteiger partial charge on any atom is 0.308 e. The van der Waals surface area contributed by atoms with Crippen molar-refractivity contribution >= 4 is 5.97 Å². The molecule has 0 aliphatic rings. The van der Waals surface area contributed by atoms with E-state index in [1.54, 1.807) is 0 Å². The first kappa shape index (κ1) is 14.4. The molecule has 0 rings (SSSR count). The number of hydrogen-bond acceptors (Lipinski definition) is 4. The molecule has 0 spiro atoms. The molecular weight excluding hydrogens is 194 g/mol. The molecular formula is C11H23NO3. The summed E-state index contributed by atoms with van der Waals surface area (Å²) in [5.74, 6) is -0.308. The Kier molecular flexibility index (Phi) is 5.83. The Bertz CT molecular complexity index is 204. The van der Waals surface area contributed by atoms with E-state index in [9.17, 15) is 4.79 Å². The summed E-state index contributed by atoms with van der Waals surface area (Å²) in [6.07, 6.45) is 0.704. The van der Waals surface area contributed by atoms with Gasteiger partial charge in [-0.25, -0.2) is 0 Å². The van der Waals surface area contributed by atoms with E-state index >= 15 is 0 Å². The van der Waals surface area contributed by atoms with Gasteiger partial charge >= 0.3 is 5.97 Å². The molecule has 2 unspecified atom stereocenters. The summed E-state index contributed by atoms with van der Waals surface area (Å²) in [4.78, 5) is 11.2. The minimum absolute atomic E-state index is 0.0734. The van der Waals surface area contributed by atoms with Crippen molar-refractivity contribution in [1.82, 2.24) is 5.32 Å². The van der Waals surface area contributed by atoms with Gasteiger partial charge < -0.3 is 15.2 Å². The molecule has 2 N–H and O–H groups in total. The Morgan fingerprint density at radius 1 is 1.47 bits per heavy atom. The first-order chi connectivity index (χ1) is 6.82. The second kappa shape index (κ2) is 6.08. The van der Waals surface area contributed by atoms with Gasteiger partial charge in [0, 0.05) is 11.6 Å². The van der Waals surface area contributed by atoms with E-state index in [2.05, 4.69) is 10.1 Å². The molecule has 4 nitrogen and oxygen atoms in total. The average Bonchev–Trinajstić information content (AvgIpc) is 2.15. The molecule has 0 aliphatic carbocycles. The predicted molar refractivity (Wildman–Crippen MR) is 59.6 cm³/mol. The summed E-state index contributed by atoms with van der Waals surface area (Å²) in [7, 11) is 1.40. The second-order valence-corrected chi connectivity index (χ2v) is 4.75. The maximum atomic E-state index is 11.2. The third-order valence-electron chi connectivity index (χ3n) is 2.34. The molecule has 0 saturated carbocycles. The number of carbonyl (C=O) groups is 1. The summed E-state index contributed by atoms with van der Waals surface area (Å²) in [5, 5.41) is 12.3. The van der Waals surface area contributed by atoms with Crippen molar-refractivity contribution in [2.75, 3.05) is 13.7 Å². The van der Waals surface area contributed by atoms with Crippen molar-refractivity contribution in [3.05, 3.63) is 0 Å². The van der Waals surface area contributed by atoms with E-state index in [1.807, 2.05) is 27.7 Å². The standard InChI is InChI=1S/C11H23NO3/c1-8(10(14)15-5)6-9(2)12-11(3,4)7-13/h8-9,12-13H,6-7H2,1-5H3. The van der Waals surface area contributed by atoms with Crippen LogP contribution in [0, 0.1) is 5.92 Å². The number of ether oxygens (including phenoxy) is 1. The van der Waals surface area contributed by atoms with Gasteiger partial charge in [0.05, 0.1) is 19.6 Å². The van der Waals surface area contributed by atoms with Crippen LogP contribution in [0.3, 0.4) is 0 Å².